The van der Waals surface area contributed by atoms with Crippen LogP contribution >= 0.6 is 0 Å². The molecule has 0 aliphatic carbocycles. The minimum atomic E-state index is -0.430. The number of anilines is 1. The molecule has 1 aromatic carbocycles. The molecule has 37 heavy (non-hydrogen) atoms. The molecule has 0 spiro atoms. The number of cyclic esters (lactones) is 1. The lowest BCUT2D eigenvalue weighted by molar-refractivity contribution is 0.0894. The molecule has 5 rings (SSSR count). The van der Waals surface area contributed by atoms with Crippen LogP contribution < -0.4 is 4.90 Å². The van der Waals surface area contributed by atoms with E-state index in [9.17, 15) is 4.79 Å². The molecule has 1 atom stereocenters. The SMILES string of the molecule is CN(C)CCC1CCN(C[C@H]2CN(c3ccc(-c4ccc(-c5nnn(C)n5)nc4)c(F)c3)C(=O)O2)CC1. The lowest BCUT2D eigenvalue weighted by Crippen LogP contribution is -2.40. The van der Waals surface area contributed by atoms with Crippen LogP contribution in [0.15, 0.2) is 36.5 Å². The highest BCUT2D eigenvalue weighted by atomic mass is 19.1. The van der Waals surface area contributed by atoms with Crippen molar-refractivity contribution >= 4 is 11.8 Å². The van der Waals surface area contributed by atoms with E-state index in [1.54, 1.807) is 37.5 Å². The van der Waals surface area contributed by atoms with Crippen LogP contribution in [0, 0.1) is 11.7 Å². The fourth-order valence-corrected chi connectivity index (χ4v) is 4.99. The third kappa shape index (κ3) is 5.94. The van der Waals surface area contributed by atoms with Crippen molar-refractivity contribution in [1.82, 2.24) is 35.0 Å². The average molecular weight is 509 g/mol. The number of pyridine rings is 1. The van der Waals surface area contributed by atoms with E-state index in [4.69, 9.17) is 4.74 Å². The number of tetrazole rings is 1. The van der Waals surface area contributed by atoms with E-state index in [0.717, 1.165) is 25.6 Å². The molecule has 2 fully saturated rings. The largest absolute Gasteiger partial charge is 0.443 e. The van der Waals surface area contributed by atoms with Gasteiger partial charge < -0.3 is 9.64 Å². The molecule has 2 aromatic heterocycles. The van der Waals surface area contributed by atoms with Gasteiger partial charge in [0.2, 0.25) is 5.82 Å². The van der Waals surface area contributed by atoms with Crippen molar-refractivity contribution in [2.45, 2.75) is 25.4 Å². The zero-order valence-corrected chi connectivity index (χ0v) is 21.5. The smallest absolute Gasteiger partial charge is 0.414 e. The van der Waals surface area contributed by atoms with Gasteiger partial charge in [-0.3, -0.25) is 14.8 Å². The Labute approximate surface area is 216 Å². The summed E-state index contributed by atoms with van der Waals surface area (Å²) < 4.78 is 20.7. The van der Waals surface area contributed by atoms with Gasteiger partial charge in [0.25, 0.3) is 0 Å². The number of likely N-dealkylation sites (tertiary alicyclic amines) is 1. The fourth-order valence-electron chi connectivity index (χ4n) is 4.99. The number of carbonyl (C=O) groups is 1. The van der Waals surface area contributed by atoms with Crippen LogP contribution in [-0.2, 0) is 11.8 Å². The van der Waals surface area contributed by atoms with Crippen molar-refractivity contribution in [3.8, 4) is 22.6 Å². The Morgan fingerprint density at radius 2 is 1.97 bits per heavy atom. The van der Waals surface area contributed by atoms with Crippen LogP contribution in [0.4, 0.5) is 14.9 Å². The van der Waals surface area contributed by atoms with Gasteiger partial charge in [-0.25, -0.2) is 9.18 Å². The molecule has 0 saturated carbocycles. The molecule has 0 radical (unpaired) electrons. The van der Waals surface area contributed by atoms with Crippen LogP contribution in [0.25, 0.3) is 22.6 Å². The second kappa shape index (κ2) is 10.9. The Balaban J connectivity index is 1.18. The molecule has 196 valence electrons. The number of aromatic nitrogens is 5. The minimum Gasteiger partial charge on any atom is -0.443 e. The van der Waals surface area contributed by atoms with Gasteiger partial charge in [0.1, 0.15) is 17.6 Å². The molecule has 2 aliphatic rings. The number of piperidine rings is 1. The van der Waals surface area contributed by atoms with E-state index in [-0.39, 0.29) is 6.10 Å². The summed E-state index contributed by atoms with van der Waals surface area (Å²) in [5.41, 5.74) is 2.06. The van der Waals surface area contributed by atoms with Gasteiger partial charge in [0, 0.05) is 23.9 Å². The summed E-state index contributed by atoms with van der Waals surface area (Å²) in [6.45, 7) is 4.29. The van der Waals surface area contributed by atoms with Crippen LogP contribution in [0.1, 0.15) is 19.3 Å². The van der Waals surface area contributed by atoms with Crippen molar-refractivity contribution in [2.24, 2.45) is 13.0 Å². The number of amides is 1. The van der Waals surface area contributed by atoms with Gasteiger partial charge in [-0.05, 0) is 88.4 Å². The highest BCUT2D eigenvalue weighted by Gasteiger charge is 2.34. The van der Waals surface area contributed by atoms with E-state index < -0.39 is 11.9 Å². The number of ether oxygens (including phenoxy) is 1. The summed E-state index contributed by atoms with van der Waals surface area (Å²) in [6, 6.07) is 8.29. The molecule has 2 aliphatic heterocycles. The van der Waals surface area contributed by atoms with E-state index in [1.807, 2.05) is 0 Å². The third-order valence-corrected chi connectivity index (χ3v) is 7.10. The van der Waals surface area contributed by atoms with Gasteiger partial charge in [-0.2, -0.15) is 4.80 Å². The Hall–Kier alpha value is -3.44. The predicted octanol–water partition coefficient (Wildman–Crippen LogP) is 3.07. The van der Waals surface area contributed by atoms with E-state index in [2.05, 4.69) is 44.3 Å². The molecular formula is C26H33FN8O2. The average Bonchev–Trinajstić information content (AvgIpc) is 3.48. The molecular weight excluding hydrogens is 475 g/mol. The minimum absolute atomic E-state index is 0.222. The Kier molecular flexibility index (Phi) is 7.43. The van der Waals surface area contributed by atoms with Gasteiger partial charge in [-0.1, -0.05) is 6.07 Å². The summed E-state index contributed by atoms with van der Waals surface area (Å²) in [6.07, 6.45) is 4.51. The summed E-state index contributed by atoms with van der Waals surface area (Å²) in [5, 5.41) is 11.9. The van der Waals surface area contributed by atoms with Crippen LogP contribution in [0.2, 0.25) is 0 Å². The van der Waals surface area contributed by atoms with Crippen LogP contribution in [-0.4, -0.2) is 94.0 Å². The van der Waals surface area contributed by atoms with Gasteiger partial charge in [0.05, 0.1) is 19.3 Å². The summed E-state index contributed by atoms with van der Waals surface area (Å²) in [7, 11) is 5.91. The van der Waals surface area contributed by atoms with E-state index >= 15 is 4.39 Å². The third-order valence-electron chi connectivity index (χ3n) is 7.10. The lowest BCUT2D eigenvalue weighted by Gasteiger charge is -2.33. The molecule has 0 bridgehead atoms. The highest BCUT2D eigenvalue weighted by molar-refractivity contribution is 5.90. The quantitative estimate of drug-likeness (QED) is 0.459. The zero-order valence-electron chi connectivity index (χ0n) is 21.5. The normalized spacial score (nSPS) is 19.1. The summed E-state index contributed by atoms with van der Waals surface area (Å²) >= 11 is 0. The number of halogens is 1. The highest BCUT2D eigenvalue weighted by Crippen LogP contribution is 2.30. The fraction of sp³-hybridized carbons (Fsp3) is 0.500. The first-order valence-electron chi connectivity index (χ1n) is 12.7. The van der Waals surface area contributed by atoms with Gasteiger partial charge in [-0.15, -0.1) is 10.2 Å². The molecule has 1 amide bonds. The van der Waals surface area contributed by atoms with Gasteiger partial charge >= 0.3 is 6.09 Å². The Bertz CT molecular complexity index is 1220. The van der Waals surface area contributed by atoms with Crippen molar-refractivity contribution in [3.63, 3.8) is 0 Å². The Morgan fingerprint density at radius 1 is 1.16 bits per heavy atom. The topological polar surface area (TPSA) is 92.5 Å². The maximum atomic E-state index is 15.1. The van der Waals surface area contributed by atoms with Crippen molar-refractivity contribution in [2.75, 3.05) is 51.7 Å². The number of carbonyl (C=O) groups excluding carboxylic acids is 1. The van der Waals surface area contributed by atoms with E-state index in [0.29, 0.717) is 41.4 Å². The lowest BCUT2D eigenvalue weighted by atomic mass is 9.93. The summed E-state index contributed by atoms with van der Waals surface area (Å²) in [4.78, 5) is 24.4. The van der Waals surface area contributed by atoms with Crippen molar-refractivity contribution in [1.29, 1.82) is 0 Å². The number of nitrogens with zero attached hydrogens (tertiary/aromatic N) is 8. The number of benzene rings is 1. The first-order chi connectivity index (χ1) is 17.9. The van der Waals surface area contributed by atoms with Gasteiger partial charge in [0.15, 0.2) is 0 Å². The summed E-state index contributed by atoms with van der Waals surface area (Å²) in [5.74, 6) is 0.735. The number of hydrogen-bond donors (Lipinski definition) is 0. The molecule has 3 aromatic rings. The maximum Gasteiger partial charge on any atom is 0.414 e. The number of rotatable bonds is 8. The number of aryl methyl sites for hydroxylation is 1. The second-order valence-electron chi connectivity index (χ2n) is 10.2. The monoisotopic (exact) mass is 508 g/mol. The van der Waals surface area contributed by atoms with Crippen molar-refractivity contribution in [3.05, 3.63) is 42.3 Å². The zero-order chi connectivity index (χ0) is 25.9. The molecule has 2 saturated heterocycles. The second-order valence-corrected chi connectivity index (χ2v) is 10.2. The standard InChI is InChI=1S/C26H33FN8O2/c1-32(2)11-8-18-9-12-34(13-10-18)16-21-17-35(26(36)37-21)20-5-6-22(23(27)14-20)19-4-7-24(28-15-19)25-29-31-33(3)30-25/h4-7,14-15,18,21H,8-13,16-17H2,1-3H3/t21-/m0/s1. The van der Waals surface area contributed by atoms with Crippen molar-refractivity contribution < 1.29 is 13.9 Å². The maximum absolute atomic E-state index is 15.1. The van der Waals surface area contributed by atoms with Crippen LogP contribution in [0.5, 0.6) is 0 Å². The molecule has 10 nitrogen and oxygen atoms in total. The molecule has 4 heterocycles. The number of hydrogen-bond acceptors (Lipinski definition) is 8. The van der Waals surface area contributed by atoms with Crippen LogP contribution in [0.3, 0.4) is 0 Å². The Morgan fingerprint density at radius 3 is 2.62 bits per heavy atom. The molecule has 0 N–H and O–H groups in total. The van der Waals surface area contributed by atoms with E-state index in [1.165, 1.54) is 35.0 Å². The molecule has 0 unspecified atom stereocenters. The molecule has 11 heteroatoms. The predicted molar refractivity (Wildman–Crippen MR) is 137 cm³/mol. The first kappa shape index (κ1) is 25.2. The first-order valence-corrected chi connectivity index (χ1v) is 12.7.